The molecule has 0 bridgehead atoms. The van der Waals surface area contributed by atoms with Gasteiger partial charge in [-0.25, -0.2) is 0 Å². The third-order valence-electron chi connectivity index (χ3n) is 7.09. The molecule has 8 nitrogen and oxygen atoms in total. The average molecular weight is 505 g/mol. The molecule has 2 aliphatic heterocycles. The van der Waals surface area contributed by atoms with Crippen LogP contribution in [0.5, 0.6) is 0 Å². The third-order valence-corrected chi connectivity index (χ3v) is 8.08. The van der Waals surface area contributed by atoms with Crippen LogP contribution in [0.1, 0.15) is 39.3 Å². The number of non-ortho nitro benzene ring substituents is 1. The van der Waals surface area contributed by atoms with Gasteiger partial charge < -0.3 is 9.80 Å². The first-order chi connectivity index (χ1) is 17.4. The van der Waals surface area contributed by atoms with Crippen LogP contribution in [0.3, 0.4) is 0 Å². The summed E-state index contributed by atoms with van der Waals surface area (Å²) in [5, 5.41) is 13.0. The first-order valence-electron chi connectivity index (χ1n) is 12.1. The van der Waals surface area contributed by atoms with E-state index in [1.54, 1.807) is 16.2 Å². The maximum absolute atomic E-state index is 13.4. The van der Waals surface area contributed by atoms with Crippen molar-refractivity contribution in [1.82, 2.24) is 14.7 Å². The van der Waals surface area contributed by atoms with E-state index in [0.29, 0.717) is 31.7 Å². The minimum absolute atomic E-state index is 0.0453. The molecule has 2 atom stereocenters. The fourth-order valence-corrected chi connectivity index (χ4v) is 6.12. The second-order valence-corrected chi connectivity index (χ2v) is 10.3. The van der Waals surface area contributed by atoms with Crippen LogP contribution < -0.4 is 0 Å². The number of benzene rings is 2. The Morgan fingerprint density at radius 1 is 1.03 bits per heavy atom. The molecule has 2 aromatic carbocycles. The molecule has 9 heteroatoms. The van der Waals surface area contributed by atoms with Gasteiger partial charge in [-0.1, -0.05) is 30.3 Å². The van der Waals surface area contributed by atoms with Crippen molar-refractivity contribution in [3.05, 3.63) is 97.7 Å². The summed E-state index contributed by atoms with van der Waals surface area (Å²) in [6.45, 7) is 4.46. The number of carbonyl (C=O) groups is 2. The monoisotopic (exact) mass is 504 g/mol. The predicted octanol–water partition coefficient (Wildman–Crippen LogP) is 3.98. The standard InChI is InChI=1S/C27H28N4O4S/c1-19-17-28(14-15-30(19)27(33)21-7-9-22(10-8-21)31(34)35)25(32)18-29-13-11-24-23(12-16-36-24)26(29)20-5-3-2-4-6-20/h2-10,12,16,19,26H,11,13-15,17-18H2,1H3/t19-,26-/m1/s1. The SMILES string of the molecule is C[C@@H]1CN(C(=O)CN2CCc3sccc3[C@H]2c2ccccc2)CCN1C(=O)c1ccc([N+](=O)[O-])cc1. The molecule has 0 aliphatic carbocycles. The topological polar surface area (TPSA) is 87.0 Å². The molecule has 5 rings (SSSR count). The van der Waals surface area contributed by atoms with Gasteiger partial charge in [0.1, 0.15) is 0 Å². The Kier molecular flexibility index (Phi) is 6.84. The highest BCUT2D eigenvalue weighted by atomic mass is 32.1. The molecule has 2 amide bonds. The number of hydrogen-bond donors (Lipinski definition) is 0. The minimum atomic E-state index is -0.481. The molecule has 0 N–H and O–H groups in total. The molecule has 3 heterocycles. The van der Waals surface area contributed by atoms with E-state index in [9.17, 15) is 19.7 Å². The number of piperazine rings is 1. The Labute approximate surface area is 213 Å². The van der Waals surface area contributed by atoms with Crippen LogP contribution in [0.25, 0.3) is 0 Å². The fraction of sp³-hybridized carbons (Fsp3) is 0.333. The molecular weight excluding hydrogens is 476 g/mol. The van der Waals surface area contributed by atoms with E-state index >= 15 is 0 Å². The zero-order valence-corrected chi connectivity index (χ0v) is 20.9. The number of rotatable bonds is 5. The van der Waals surface area contributed by atoms with Crippen molar-refractivity contribution < 1.29 is 14.5 Å². The van der Waals surface area contributed by atoms with Gasteiger partial charge in [-0.2, -0.15) is 0 Å². The lowest BCUT2D eigenvalue weighted by atomic mass is 9.93. The number of hydrogen-bond acceptors (Lipinski definition) is 6. The maximum atomic E-state index is 13.4. The van der Waals surface area contributed by atoms with Crippen LogP contribution in [-0.2, 0) is 11.2 Å². The van der Waals surface area contributed by atoms with Gasteiger partial charge in [-0.05, 0) is 48.1 Å². The highest BCUT2D eigenvalue weighted by Gasteiger charge is 2.34. The van der Waals surface area contributed by atoms with E-state index < -0.39 is 4.92 Å². The van der Waals surface area contributed by atoms with E-state index in [4.69, 9.17) is 0 Å². The second-order valence-electron chi connectivity index (χ2n) is 9.32. The molecule has 1 fully saturated rings. The number of nitro groups is 1. The van der Waals surface area contributed by atoms with Gasteiger partial charge in [0.25, 0.3) is 11.6 Å². The van der Waals surface area contributed by atoms with Gasteiger partial charge in [-0.3, -0.25) is 24.6 Å². The summed E-state index contributed by atoms with van der Waals surface area (Å²) in [5.74, 6) is -0.0986. The average Bonchev–Trinajstić information content (AvgIpc) is 3.37. The number of nitrogens with zero attached hydrogens (tertiary/aromatic N) is 4. The van der Waals surface area contributed by atoms with Crippen molar-refractivity contribution in [3.63, 3.8) is 0 Å². The van der Waals surface area contributed by atoms with Gasteiger partial charge in [-0.15, -0.1) is 11.3 Å². The number of fused-ring (bicyclic) bond motifs is 1. The lowest BCUT2D eigenvalue weighted by molar-refractivity contribution is -0.384. The van der Waals surface area contributed by atoms with E-state index in [1.807, 2.05) is 30.0 Å². The quantitative estimate of drug-likeness (QED) is 0.388. The molecule has 3 aromatic rings. The summed E-state index contributed by atoms with van der Waals surface area (Å²) >= 11 is 1.78. The Balaban J connectivity index is 1.25. The van der Waals surface area contributed by atoms with Crippen molar-refractivity contribution in [3.8, 4) is 0 Å². The zero-order valence-electron chi connectivity index (χ0n) is 20.1. The number of nitro benzene ring substituents is 1. The fourth-order valence-electron chi connectivity index (χ4n) is 5.22. The van der Waals surface area contributed by atoms with Gasteiger partial charge in [0.05, 0.1) is 17.5 Å². The van der Waals surface area contributed by atoms with E-state index in [2.05, 4.69) is 28.5 Å². The highest BCUT2D eigenvalue weighted by molar-refractivity contribution is 7.10. The predicted molar refractivity (Wildman–Crippen MR) is 138 cm³/mol. The molecular formula is C27H28N4O4S. The Bertz CT molecular complexity index is 1260. The van der Waals surface area contributed by atoms with Crippen molar-refractivity contribution in [1.29, 1.82) is 0 Å². The second kappa shape index (κ2) is 10.2. The zero-order chi connectivity index (χ0) is 25.2. The lowest BCUT2D eigenvalue weighted by Crippen LogP contribution is -2.57. The summed E-state index contributed by atoms with van der Waals surface area (Å²) < 4.78 is 0. The molecule has 186 valence electrons. The Hall–Kier alpha value is -3.56. The van der Waals surface area contributed by atoms with Crippen LogP contribution in [0.15, 0.2) is 66.0 Å². The van der Waals surface area contributed by atoms with E-state index in [-0.39, 0.29) is 29.6 Å². The Morgan fingerprint density at radius 2 is 1.78 bits per heavy atom. The number of carbonyl (C=O) groups excluding carboxylic acids is 2. The summed E-state index contributed by atoms with van der Waals surface area (Å²) in [4.78, 5) is 44.1. The third kappa shape index (κ3) is 4.76. The molecule has 0 unspecified atom stereocenters. The van der Waals surface area contributed by atoms with Crippen LogP contribution in [0.2, 0.25) is 0 Å². The summed E-state index contributed by atoms with van der Waals surface area (Å²) in [5.41, 5.74) is 2.85. The lowest BCUT2D eigenvalue weighted by Gasteiger charge is -2.42. The summed E-state index contributed by atoms with van der Waals surface area (Å²) in [6, 6.07) is 18.1. The van der Waals surface area contributed by atoms with Gasteiger partial charge >= 0.3 is 0 Å². The Morgan fingerprint density at radius 3 is 2.47 bits per heavy atom. The summed E-state index contributed by atoms with van der Waals surface area (Å²) in [6.07, 6.45) is 0.942. The van der Waals surface area contributed by atoms with Crippen molar-refractivity contribution in [2.45, 2.75) is 25.4 Å². The maximum Gasteiger partial charge on any atom is 0.269 e. The number of amides is 2. The van der Waals surface area contributed by atoms with Gasteiger partial charge in [0.15, 0.2) is 0 Å². The van der Waals surface area contributed by atoms with Crippen LogP contribution in [0, 0.1) is 10.1 Å². The number of thiophene rings is 1. The van der Waals surface area contributed by atoms with Gasteiger partial charge in [0.2, 0.25) is 5.91 Å². The molecule has 0 radical (unpaired) electrons. The van der Waals surface area contributed by atoms with Crippen LogP contribution >= 0.6 is 11.3 Å². The molecule has 2 aliphatic rings. The normalized spacial score (nSPS) is 20.1. The van der Waals surface area contributed by atoms with E-state index in [1.165, 1.54) is 40.3 Å². The molecule has 0 spiro atoms. The molecule has 36 heavy (non-hydrogen) atoms. The van der Waals surface area contributed by atoms with Crippen molar-refractivity contribution in [2.75, 3.05) is 32.7 Å². The largest absolute Gasteiger partial charge is 0.338 e. The van der Waals surface area contributed by atoms with Crippen molar-refractivity contribution in [2.24, 2.45) is 0 Å². The minimum Gasteiger partial charge on any atom is -0.338 e. The van der Waals surface area contributed by atoms with Crippen LogP contribution in [-0.4, -0.2) is 70.2 Å². The first-order valence-corrected chi connectivity index (χ1v) is 13.0. The molecule has 1 saturated heterocycles. The van der Waals surface area contributed by atoms with Crippen LogP contribution in [0.4, 0.5) is 5.69 Å². The first kappa shape index (κ1) is 24.1. The van der Waals surface area contributed by atoms with E-state index in [0.717, 1.165) is 13.0 Å². The van der Waals surface area contributed by atoms with Gasteiger partial charge in [0, 0.05) is 54.8 Å². The highest BCUT2D eigenvalue weighted by Crippen LogP contribution is 2.37. The summed E-state index contributed by atoms with van der Waals surface area (Å²) in [7, 11) is 0. The molecule has 0 saturated carbocycles. The molecule has 1 aromatic heterocycles. The smallest absolute Gasteiger partial charge is 0.269 e. The van der Waals surface area contributed by atoms with Crippen molar-refractivity contribution >= 4 is 28.8 Å².